The van der Waals surface area contributed by atoms with Crippen molar-refractivity contribution in [1.82, 2.24) is 0 Å². The third-order valence-electron chi connectivity index (χ3n) is 3.39. The highest BCUT2D eigenvalue weighted by Gasteiger charge is 2.39. The minimum absolute atomic E-state index is 0.0318. The first-order valence-electron chi connectivity index (χ1n) is 6.09. The standard InChI is InChI=1S/C15H15ClO2/c1-15(17-10-12(9-16)18-15)14-8-4-6-11-5-2-3-7-13(11)14/h2-8,12H,9-10H2,1H3. The number of ether oxygens (including phenoxy) is 2. The van der Waals surface area contributed by atoms with E-state index < -0.39 is 5.79 Å². The van der Waals surface area contributed by atoms with E-state index in [0.717, 1.165) is 10.9 Å². The van der Waals surface area contributed by atoms with Gasteiger partial charge in [0.2, 0.25) is 0 Å². The quantitative estimate of drug-likeness (QED) is 0.769. The monoisotopic (exact) mass is 262 g/mol. The van der Waals surface area contributed by atoms with Crippen LogP contribution in [0.1, 0.15) is 12.5 Å². The number of rotatable bonds is 2. The van der Waals surface area contributed by atoms with Crippen LogP contribution in [0.2, 0.25) is 0 Å². The molecule has 0 spiro atoms. The van der Waals surface area contributed by atoms with E-state index in [1.807, 2.05) is 25.1 Å². The summed E-state index contributed by atoms with van der Waals surface area (Å²) in [5.41, 5.74) is 1.06. The van der Waals surface area contributed by atoms with Crippen molar-refractivity contribution < 1.29 is 9.47 Å². The summed E-state index contributed by atoms with van der Waals surface area (Å²) < 4.78 is 11.8. The number of alkyl halides is 1. The number of halogens is 1. The van der Waals surface area contributed by atoms with E-state index >= 15 is 0 Å². The first-order chi connectivity index (χ1) is 8.73. The second kappa shape index (κ2) is 4.54. The van der Waals surface area contributed by atoms with Gasteiger partial charge in [-0.05, 0) is 17.7 Å². The lowest BCUT2D eigenvalue weighted by Gasteiger charge is -2.25. The van der Waals surface area contributed by atoms with Crippen molar-refractivity contribution in [1.29, 1.82) is 0 Å². The van der Waals surface area contributed by atoms with Crippen molar-refractivity contribution in [3.63, 3.8) is 0 Å². The van der Waals surface area contributed by atoms with E-state index in [4.69, 9.17) is 21.1 Å². The van der Waals surface area contributed by atoms with Gasteiger partial charge in [0.05, 0.1) is 18.6 Å². The van der Waals surface area contributed by atoms with Gasteiger partial charge in [0.1, 0.15) is 0 Å². The average Bonchev–Trinajstić information content (AvgIpc) is 2.81. The number of hydrogen-bond acceptors (Lipinski definition) is 2. The van der Waals surface area contributed by atoms with Gasteiger partial charge < -0.3 is 9.47 Å². The fourth-order valence-corrected chi connectivity index (χ4v) is 2.63. The highest BCUT2D eigenvalue weighted by Crippen LogP contribution is 2.37. The summed E-state index contributed by atoms with van der Waals surface area (Å²) in [5.74, 6) is -0.235. The predicted molar refractivity (Wildman–Crippen MR) is 72.8 cm³/mol. The topological polar surface area (TPSA) is 18.5 Å². The van der Waals surface area contributed by atoms with Gasteiger partial charge in [-0.3, -0.25) is 0 Å². The molecule has 94 valence electrons. The second-order valence-corrected chi connectivity index (χ2v) is 4.99. The normalized spacial score (nSPS) is 27.8. The Hall–Kier alpha value is -1.09. The molecule has 2 aromatic carbocycles. The molecule has 0 aromatic heterocycles. The SMILES string of the molecule is CC1(c2cccc3ccccc23)OCC(CCl)O1. The van der Waals surface area contributed by atoms with E-state index in [1.54, 1.807) is 0 Å². The summed E-state index contributed by atoms with van der Waals surface area (Å²) in [6.07, 6.45) is -0.0318. The first-order valence-corrected chi connectivity index (χ1v) is 6.62. The van der Waals surface area contributed by atoms with Gasteiger partial charge in [-0.15, -0.1) is 11.6 Å². The second-order valence-electron chi connectivity index (χ2n) is 4.68. The van der Waals surface area contributed by atoms with Gasteiger partial charge in [-0.2, -0.15) is 0 Å². The lowest BCUT2D eigenvalue weighted by Crippen LogP contribution is -2.24. The van der Waals surface area contributed by atoms with Gasteiger partial charge >= 0.3 is 0 Å². The van der Waals surface area contributed by atoms with E-state index in [-0.39, 0.29) is 6.10 Å². The lowest BCUT2D eigenvalue weighted by molar-refractivity contribution is -0.158. The molecular formula is C15H15ClO2. The molecule has 18 heavy (non-hydrogen) atoms. The Kier molecular flexibility index (Phi) is 3.02. The molecule has 2 unspecified atom stereocenters. The molecule has 1 fully saturated rings. The van der Waals surface area contributed by atoms with Crippen molar-refractivity contribution in [3.8, 4) is 0 Å². The van der Waals surface area contributed by atoms with Crippen molar-refractivity contribution in [2.75, 3.05) is 12.5 Å². The molecule has 2 nitrogen and oxygen atoms in total. The molecule has 1 aliphatic rings. The van der Waals surface area contributed by atoms with Gasteiger partial charge in [0, 0.05) is 5.56 Å². The van der Waals surface area contributed by atoms with Crippen molar-refractivity contribution in [2.45, 2.75) is 18.8 Å². The molecule has 3 heteroatoms. The molecule has 1 heterocycles. The maximum atomic E-state index is 5.94. The molecular weight excluding hydrogens is 248 g/mol. The summed E-state index contributed by atoms with van der Waals surface area (Å²) in [7, 11) is 0. The molecule has 0 radical (unpaired) electrons. The van der Waals surface area contributed by atoms with Crippen molar-refractivity contribution in [2.24, 2.45) is 0 Å². The van der Waals surface area contributed by atoms with Crippen LogP contribution in [0.5, 0.6) is 0 Å². The van der Waals surface area contributed by atoms with Crippen LogP contribution in [-0.4, -0.2) is 18.6 Å². The molecule has 0 amide bonds. The minimum atomic E-state index is -0.694. The Labute approximate surface area is 111 Å². The van der Waals surface area contributed by atoms with Gasteiger partial charge in [0.25, 0.3) is 0 Å². The van der Waals surface area contributed by atoms with Crippen LogP contribution in [0, 0.1) is 0 Å². The first kappa shape index (κ1) is 12.0. The van der Waals surface area contributed by atoms with E-state index in [9.17, 15) is 0 Å². The number of fused-ring (bicyclic) bond motifs is 1. The number of benzene rings is 2. The fraction of sp³-hybridized carbons (Fsp3) is 0.333. The molecule has 2 aromatic rings. The molecule has 0 aliphatic carbocycles. The van der Waals surface area contributed by atoms with Crippen LogP contribution in [0.25, 0.3) is 10.8 Å². The zero-order chi connectivity index (χ0) is 12.6. The maximum Gasteiger partial charge on any atom is 0.193 e. The Morgan fingerprint density at radius 3 is 2.78 bits per heavy atom. The molecule has 2 atom stereocenters. The zero-order valence-electron chi connectivity index (χ0n) is 10.2. The van der Waals surface area contributed by atoms with Crippen LogP contribution in [0.4, 0.5) is 0 Å². The van der Waals surface area contributed by atoms with Crippen LogP contribution < -0.4 is 0 Å². The smallest absolute Gasteiger partial charge is 0.193 e. The largest absolute Gasteiger partial charge is 0.343 e. The molecule has 3 rings (SSSR count). The summed E-state index contributed by atoms with van der Waals surface area (Å²) in [6, 6.07) is 14.4. The Bertz CT molecular complexity index is 564. The molecule has 0 N–H and O–H groups in total. The van der Waals surface area contributed by atoms with Crippen molar-refractivity contribution in [3.05, 3.63) is 48.0 Å². The molecule has 0 bridgehead atoms. The van der Waals surface area contributed by atoms with Crippen molar-refractivity contribution >= 4 is 22.4 Å². The van der Waals surface area contributed by atoms with Gasteiger partial charge in [-0.1, -0.05) is 42.5 Å². The number of hydrogen-bond donors (Lipinski definition) is 0. The Morgan fingerprint density at radius 2 is 2.00 bits per heavy atom. The van der Waals surface area contributed by atoms with Crippen LogP contribution in [-0.2, 0) is 15.3 Å². The highest BCUT2D eigenvalue weighted by atomic mass is 35.5. The third-order valence-corrected chi connectivity index (χ3v) is 3.73. The Morgan fingerprint density at radius 1 is 1.22 bits per heavy atom. The van der Waals surface area contributed by atoms with Crippen LogP contribution in [0.15, 0.2) is 42.5 Å². The summed E-state index contributed by atoms with van der Waals surface area (Å²) >= 11 is 5.84. The van der Waals surface area contributed by atoms with Gasteiger partial charge in [-0.25, -0.2) is 0 Å². The predicted octanol–water partition coefficient (Wildman–Crippen LogP) is 3.67. The fourth-order valence-electron chi connectivity index (χ4n) is 2.48. The lowest BCUT2D eigenvalue weighted by atomic mass is 9.99. The summed E-state index contributed by atoms with van der Waals surface area (Å²) in [6.45, 7) is 2.50. The summed E-state index contributed by atoms with van der Waals surface area (Å²) in [5, 5.41) is 2.36. The summed E-state index contributed by atoms with van der Waals surface area (Å²) in [4.78, 5) is 0. The average molecular weight is 263 g/mol. The van der Waals surface area contributed by atoms with Gasteiger partial charge in [0.15, 0.2) is 5.79 Å². The van der Waals surface area contributed by atoms with Crippen LogP contribution >= 0.6 is 11.6 Å². The van der Waals surface area contributed by atoms with E-state index in [0.29, 0.717) is 12.5 Å². The maximum absolute atomic E-state index is 5.94. The zero-order valence-corrected chi connectivity index (χ0v) is 11.0. The minimum Gasteiger partial charge on any atom is -0.343 e. The Balaban J connectivity index is 2.09. The third kappa shape index (κ3) is 1.91. The highest BCUT2D eigenvalue weighted by molar-refractivity contribution is 6.18. The van der Waals surface area contributed by atoms with E-state index in [2.05, 4.69) is 24.3 Å². The molecule has 0 saturated carbocycles. The molecule has 1 aliphatic heterocycles. The van der Waals surface area contributed by atoms with Crippen LogP contribution in [0.3, 0.4) is 0 Å². The molecule has 1 saturated heterocycles. The van der Waals surface area contributed by atoms with E-state index in [1.165, 1.54) is 5.39 Å².